The van der Waals surface area contributed by atoms with Gasteiger partial charge in [0.1, 0.15) is 17.1 Å². The number of likely N-dealkylation sites (N-methyl/N-ethyl adjacent to an activating group) is 1. The second-order valence-electron chi connectivity index (χ2n) is 5.51. The molecule has 6 heteroatoms. The normalized spacial score (nSPS) is 11.5. The molecule has 1 amide bonds. The van der Waals surface area contributed by atoms with E-state index in [2.05, 4.69) is 0 Å². The summed E-state index contributed by atoms with van der Waals surface area (Å²) in [7, 11) is 2.92. The first-order valence-corrected chi connectivity index (χ1v) is 7.75. The molecule has 0 saturated carbocycles. The molecule has 2 aromatic carbocycles. The Kier molecular flexibility index (Phi) is 6.11. The average molecular weight is 345 g/mol. The number of carbonyl (C=O) groups is 2. The molecule has 2 rings (SSSR count). The van der Waals surface area contributed by atoms with Crippen molar-refractivity contribution in [3.05, 3.63) is 65.5 Å². The van der Waals surface area contributed by atoms with Crippen LogP contribution < -0.4 is 4.74 Å². The number of methoxy groups -OCH3 is 1. The van der Waals surface area contributed by atoms with Gasteiger partial charge in [0, 0.05) is 7.05 Å². The van der Waals surface area contributed by atoms with Crippen LogP contribution >= 0.6 is 0 Å². The van der Waals surface area contributed by atoms with Crippen LogP contribution in [0.25, 0.3) is 0 Å². The zero-order chi connectivity index (χ0) is 18.4. The summed E-state index contributed by atoms with van der Waals surface area (Å²) in [4.78, 5) is 25.6. The second kappa shape index (κ2) is 8.28. The number of benzene rings is 2. The van der Waals surface area contributed by atoms with E-state index in [0.717, 1.165) is 5.56 Å². The predicted octanol–water partition coefficient (Wildman–Crippen LogP) is 3.21. The number of para-hydroxylation sites is 1. The lowest BCUT2D eigenvalue weighted by atomic mass is 10.1. The SMILES string of the molecule is COC(=O)c1ccccc1OCC(=O)N(C)C(C)c1ccc(F)cc1. The van der Waals surface area contributed by atoms with E-state index in [1.165, 1.54) is 24.1 Å². The van der Waals surface area contributed by atoms with Gasteiger partial charge >= 0.3 is 5.97 Å². The third-order valence-electron chi connectivity index (χ3n) is 3.97. The first-order valence-electron chi connectivity index (χ1n) is 7.75. The van der Waals surface area contributed by atoms with E-state index in [4.69, 9.17) is 9.47 Å². The topological polar surface area (TPSA) is 55.8 Å². The van der Waals surface area contributed by atoms with Crippen molar-refractivity contribution in [3.8, 4) is 5.75 Å². The fourth-order valence-corrected chi connectivity index (χ4v) is 2.29. The van der Waals surface area contributed by atoms with Crippen molar-refractivity contribution < 1.29 is 23.5 Å². The molecular weight excluding hydrogens is 325 g/mol. The van der Waals surface area contributed by atoms with Gasteiger partial charge in [-0.25, -0.2) is 9.18 Å². The maximum Gasteiger partial charge on any atom is 0.341 e. The smallest absolute Gasteiger partial charge is 0.341 e. The van der Waals surface area contributed by atoms with Crippen LogP contribution in [-0.2, 0) is 9.53 Å². The van der Waals surface area contributed by atoms with Crippen molar-refractivity contribution in [1.29, 1.82) is 0 Å². The number of rotatable bonds is 6. The molecule has 1 unspecified atom stereocenters. The maximum absolute atomic E-state index is 13.0. The van der Waals surface area contributed by atoms with Crippen LogP contribution in [0.1, 0.15) is 28.9 Å². The predicted molar refractivity (Wildman–Crippen MR) is 90.9 cm³/mol. The molecule has 0 aliphatic rings. The highest BCUT2D eigenvalue weighted by Crippen LogP contribution is 2.21. The number of ether oxygens (including phenoxy) is 2. The van der Waals surface area contributed by atoms with E-state index >= 15 is 0 Å². The van der Waals surface area contributed by atoms with Crippen molar-refractivity contribution in [3.63, 3.8) is 0 Å². The molecule has 132 valence electrons. The molecule has 5 nitrogen and oxygen atoms in total. The molecule has 0 fully saturated rings. The third-order valence-corrected chi connectivity index (χ3v) is 3.97. The Morgan fingerprint density at radius 1 is 1.12 bits per heavy atom. The lowest BCUT2D eigenvalue weighted by molar-refractivity contribution is -0.134. The van der Waals surface area contributed by atoms with Crippen LogP contribution in [0.15, 0.2) is 48.5 Å². The summed E-state index contributed by atoms with van der Waals surface area (Å²) in [6, 6.07) is 12.3. The minimum Gasteiger partial charge on any atom is -0.483 e. The monoisotopic (exact) mass is 345 g/mol. The van der Waals surface area contributed by atoms with Crippen LogP contribution in [0.2, 0.25) is 0 Å². The van der Waals surface area contributed by atoms with Crippen LogP contribution in [-0.4, -0.2) is 37.5 Å². The number of esters is 1. The summed E-state index contributed by atoms with van der Waals surface area (Å²) < 4.78 is 23.2. The number of amides is 1. The highest BCUT2D eigenvalue weighted by Gasteiger charge is 2.19. The van der Waals surface area contributed by atoms with E-state index < -0.39 is 5.97 Å². The standard InChI is InChI=1S/C19H20FNO4/c1-13(14-8-10-15(20)11-9-14)21(2)18(22)12-25-17-7-5-4-6-16(17)19(23)24-3/h4-11,13H,12H2,1-3H3. The molecule has 1 atom stereocenters. The van der Waals surface area contributed by atoms with Gasteiger partial charge in [0.05, 0.1) is 13.2 Å². The lowest BCUT2D eigenvalue weighted by Crippen LogP contribution is -2.33. The van der Waals surface area contributed by atoms with E-state index in [0.29, 0.717) is 0 Å². The Morgan fingerprint density at radius 3 is 2.40 bits per heavy atom. The molecule has 0 N–H and O–H groups in total. The van der Waals surface area contributed by atoms with Crippen molar-refractivity contribution in [2.45, 2.75) is 13.0 Å². The number of halogens is 1. The summed E-state index contributed by atoms with van der Waals surface area (Å²) in [6.07, 6.45) is 0. The maximum atomic E-state index is 13.0. The summed E-state index contributed by atoms with van der Waals surface area (Å²) in [5, 5.41) is 0. The molecule has 0 aliphatic heterocycles. The van der Waals surface area contributed by atoms with Gasteiger partial charge in [0.15, 0.2) is 6.61 Å². The first-order chi connectivity index (χ1) is 11.9. The third kappa shape index (κ3) is 4.56. The Balaban J connectivity index is 2.02. The molecular formula is C19H20FNO4. The van der Waals surface area contributed by atoms with Gasteiger partial charge in [-0.15, -0.1) is 0 Å². The molecule has 0 saturated heterocycles. The number of nitrogens with zero attached hydrogens (tertiary/aromatic N) is 1. The van der Waals surface area contributed by atoms with E-state index in [1.54, 1.807) is 43.4 Å². The van der Waals surface area contributed by atoms with E-state index in [-0.39, 0.29) is 35.7 Å². The van der Waals surface area contributed by atoms with Gasteiger partial charge in [-0.1, -0.05) is 24.3 Å². The van der Waals surface area contributed by atoms with E-state index in [9.17, 15) is 14.0 Å². The second-order valence-corrected chi connectivity index (χ2v) is 5.51. The minimum absolute atomic E-state index is 0.226. The molecule has 0 radical (unpaired) electrons. The summed E-state index contributed by atoms with van der Waals surface area (Å²) in [5.74, 6) is -0.842. The Labute approximate surface area is 146 Å². The minimum atomic E-state index is -0.531. The molecule has 2 aromatic rings. The fourth-order valence-electron chi connectivity index (χ4n) is 2.29. The van der Waals surface area contributed by atoms with Gasteiger partial charge in [0.2, 0.25) is 0 Å². The highest BCUT2D eigenvalue weighted by atomic mass is 19.1. The van der Waals surface area contributed by atoms with Crippen LogP contribution in [0.3, 0.4) is 0 Å². The van der Waals surface area contributed by atoms with Crippen LogP contribution in [0, 0.1) is 5.82 Å². The largest absolute Gasteiger partial charge is 0.483 e. The van der Waals surface area contributed by atoms with Gasteiger partial charge in [0.25, 0.3) is 5.91 Å². The molecule has 0 heterocycles. The lowest BCUT2D eigenvalue weighted by Gasteiger charge is -2.25. The zero-order valence-corrected chi connectivity index (χ0v) is 14.4. The van der Waals surface area contributed by atoms with Gasteiger partial charge < -0.3 is 14.4 Å². The summed E-state index contributed by atoms with van der Waals surface area (Å²) in [5.41, 5.74) is 1.07. The fraction of sp³-hybridized carbons (Fsp3) is 0.263. The Bertz CT molecular complexity index is 745. The van der Waals surface area contributed by atoms with Gasteiger partial charge in [-0.3, -0.25) is 4.79 Å². The van der Waals surface area contributed by atoms with Crippen molar-refractivity contribution >= 4 is 11.9 Å². The van der Waals surface area contributed by atoms with E-state index in [1.807, 2.05) is 6.92 Å². The van der Waals surface area contributed by atoms with Gasteiger partial charge in [-0.2, -0.15) is 0 Å². The number of carbonyl (C=O) groups excluding carboxylic acids is 2. The molecule has 0 spiro atoms. The Hall–Kier alpha value is -2.89. The Morgan fingerprint density at radius 2 is 1.76 bits per heavy atom. The highest BCUT2D eigenvalue weighted by molar-refractivity contribution is 5.92. The molecule has 25 heavy (non-hydrogen) atoms. The summed E-state index contributed by atoms with van der Waals surface area (Å²) >= 11 is 0. The van der Waals surface area contributed by atoms with Crippen LogP contribution in [0.5, 0.6) is 5.75 Å². The number of hydrogen-bond donors (Lipinski definition) is 0. The first kappa shape index (κ1) is 18.4. The van der Waals surface area contributed by atoms with Crippen LogP contribution in [0.4, 0.5) is 4.39 Å². The molecule has 0 aliphatic carbocycles. The zero-order valence-electron chi connectivity index (χ0n) is 14.4. The van der Waals surface area contributed by atoms with Crippen molar-refractivity contribution in [1.82, 2.24) is 4.90 Å². The molecule has 0 bridgehead atoms. The van der Waals surface area contributed by atoms with Gasteiger partial charge in [-0.05, 0) is 36.8 Å². The van der Waals surface area contributed by atoms with Crippen molar-refractivity contribution in [2.24, 2.45) is 0 Å². The quantitative estimate of drug-likeness (QED) is 0.755. The van der Waals surface area contributed by atoms with Crippen molar-refractivity contribution in [2.75, 3.05) is 20.8 Å². The number of hydrogen-bond acceptors (Lipinski definition) is 4. The molecule has 0 aromatic heterocycles. The average Bonchev–Trinajstić information content (AvgIpc) is 2.65. The summed E-state index contributed by atoms with van der Waals surface area (Å²) in [6.45, 7) is 1.61.